The zero-order valence-electron chi connectivity index (χ0n) is 22.3. The van der Waals surface area contributed by atoms with Gasteiger partial charge in [-0.3, -0.25) is 4.57 Å². The van der Waals surface area contributed by atoms with E-state index < -0.39 is 0 Å². The molecule has 0 aliphatic heterocycles. The van der Waals surface area contributed by atoms with E-state index in [-0.39, 0.29) is 0 Å². The highest BCUT2D eigenvalue weighted by Gasteiger charge is 2.27. The van der Waals surface area contributed by atoms with E-state index in [1.165, 1.54) is 66.1 Å². The summed E-state index contributed by atoms with van der Waals surface area (Å²) in [7, 11) is 0. The Morgan fingerprint density at radius 1 is 0.439 bits per heavy atom. The number of hydrogen-bond acceptors (Lipinski definition) is 1. The Morgan fingerprint density at radius 2 is 1.00 bits per heavy atom. The molecule has 9 rings (SSSR count). The molecule has 2 heterocycles. The maximum Gasteiger partial charge on any atom is 0.146 e. The lowest BCUT2D eigenvalue weighted by Gasteiger charge is -2.13. The van der Waals surface area contributed by atoms with Crippen molar-refractivity contribution in [3.05, 3.63) is 146 Å². The van der Waals surface area contributed by atoms with Crippen LogP contribution in [0.5, 0.6) is 0 Å². The van der Waals surface area contributed by atoms with Crippen molar-refractivity contribution in [2.24, 2.45) is 0 Å². The summed E-state index contributed by atoms with van der Waals surface area (Å²) >= 11 is 0. The standard InChI is InChI=1S/C39H24N2/c1-3-10-25(11-4-1)27-18-20-35-33(22-27)34-23-28(26-12-5-2-6-13-26)19-21-36(34)41(35)39-38-32-16-8-7-15-30(32)31-17-9-14-29(24-40-39)37(31)38/h1-24H. The van der Waals surface area contributed by atoms with Gasteiger partial charge in [0, 0.05) is 33.3 Å². The van der Waals surface area contributed by atoms with Gasteiger partial charge < -0.3 is 0 Å². The van der Waals surface area contributed by atoms with Crippen LogP contribution in [-0.4, -0.2) is 9.55 Å². The topological polar surface area (TPSA) is 17.8 Å². The number of rotatable bonds is 3. The van der Waals surface area contributed by atoms with Crippen LogP contribution in [0, 0.1) is 0 Å². The molecule has 0 amide bonds. The lowest BCUT2D eigenvalue weighted by Crippen LogP contribution is -2.00. The van der Waals surface area contributed by atoms with Gasteiger partial charge in [-0.2, -0.15) is 0 Å². The van der Waals surface area contributed by atoms with Gasteiger partial charge in [0.15, 0.2) is 0 Å². The van der Waals surface area contributed by atoms with E-state index in [1.807, 2.05) is 6.20 Å². The first-order valence-electron chi connectivity index (χ1n) is 14.1. The second kappa shape index (κ2) is 8.51. The number of aromatic nitrogens is 2. The second-order valence-corrected chi connectivity index (χ2v) is 10.8. The number of benzene rings is 6. The van der Waals surface area contributed by atoms with Gasteiger partial charge in [-0.1, -0.05) is 115 Å². The van der Waals surface area contributed by atoms with Crippen LogP contribution >= 0.6 is 0 Å². The summed E-state index contributed by atoms with van der Waals surface area (Å²) < 4.78 is 2.38. The highest BCUT2D eigenvalue weighted by molar-refractivity contribution is 6.18. The summed E-state index contributed by atoms with van der Waals surface area (Å²) in [5.74, 6) is 0.981. The molecular formula is C39H24N2. The normalized spacial score (nSPS) is 11.9. The molecule has 2 aromatic heterocycles. The minimum absolute atomic E-state index is 0.981. The van der Waals surface area contributed by atoms with Crippen LogP contribution < -0.4 is 0 Å². The number of fused-ring (bicyclic) bond motifs is 6. The molecule has 0 unspecified atom stereocenters. The molecule has 0 bridgehead atoms. The Morgan fingerprint density at radius 3 is 1.63 bits per heavy atom. The van der Waals surface area contributed by atoms with Crippen LogP contribution in [0.15, 0.2) is 146 Å². The molecule has 0 saturated carbocycles. The van der Waals surface area contributed by atoms with E-state index in [0.717, 1.165) is 16.9 Å². The lowest BCUT2D eigenvalue weighted by molar-refractivity contribution is 1.09. The number of pyridine rings is 1. The third-order valence-corrected chi connectivity index (χ3v) is 8.57. The maximum atomic E-state index is 5.18. The van der Waals surface area contributed by atoms with Gasteiger partial charge in [0.1, 0.15) is 5.82 Å². The second-order valence-electron chi connectivity index (χ2n) is 10.8. The molecule has 2 nitrogen and oxygen atoms in total. The third kappa shape index (κ3) is 3.22. The SMILES string of the molecule is c1ccc(-c2ccc3c(c2)c2cc(-c4ccccc4)ccc2n3-c2ncc3cccc4c3c2-c2ccccc2-4)cc1. The van der Waals surface area contributed by atoms with Gasteiger partial charge >= 0.3 is 0 Å². The molecule has 8 aromatic rings. The van der Waals surface area contributed by atoms with Crippen molar-refractivity contribution in [3.8, 4) is 50.3 Å². The van der Waals surface area contributed by atoms with Crippen molar-refractivity contribution in [1.29, 1.82) is 0 Å². The number of hydrogen-bond donors (Lipinski definition) is 0. The molecule has 41 heavy (non-hydrogen) atoms. The summed E-state index contributed by atoms with van der Waals surface area (Å²) in [4.78, 5) is 5.18. The van der Waals surface area contributed by atoms with E-state index in [9.17, 15) is 0 Å². The Bertz CT molecular complexity index is 2200. The summed E-state index contributed by atoms with van der Waals surface area (Å²) in [6.45, 7) is 0. The first-order valence-corrected chi connectivity index (χ1v) is 14.1. The summed E-state index contributed by atoms with van der Waals surface area (Å²) in [5, 5.41) is 4.92. The molecular weight excluding hydrogens is 496 g/mol. The smallest absolute Gasteiger partial charge is 0.146 e. The van der Waals surface area contributed by atoms with Crippen LogP contribution in [-0.2, 0) is 0 Å². The van der Waals surface area contributed by atoms with Crippen LogP contribution in [0.4, 0.5) is 0 Å². The monoisotopic (exact) mass is 520 g/mol. The highest BCUT2D eigenvalue weighted by atomic mass is 15.1. The van der Waals surface area contributed by atoms with Crippen LogP contribution in [0.3, 0.4) is 0 Å². The van der Waals surface area contributed by atoms with Gasteiger partial charge in [-0.15, -0.1) is 0 Å². The van der Waals surface area contributed by atoms with Crippen LogP contribution in [0.2, 0.25) is 0 Å². The molecule has 1 aliphatic carbocycles. The first kappa shape index (κ1) is 22.4. The van der Waals surface area contributed by atoms with E-state index >= 15 is 0 Å². The van der Waals surface area contributed by atoms with Crippen molar-refractivity contribution in [3.63, 3.8) is 0 Å². The molecule has 0 saturated heterocycles. The lowest BCUT2D eigenvalue weighted by atomic mass is 10.0. The third-order valence-electron chi connectivity index (χ3n) is 8.57. The van der Waals surface area contributed by atoms with Crippen molar-refractivity contribution < 1.29 is 0 Å². The van der Waals surface area contributed by atoms with E-state index in [2.05, 4.69) is 144 Å². The minimum Gasteiger partial charge on any atom is -0.293 e. The summed E-state index contributed by atoms with van der Waals surface area (Å²) in [5.41, 5.74) is 12.2. The Balaban J connectivity index is 1.40. The molecule has 0 fully saturated rings. The Hall–Kier alpha value is -5.47. The molecule has 2 heteroatoms. The Labute approximate surface area is 237 Å². The Kier molecular flexibility index (Phi) is 4.64. The molecule has 0 N–H and O–H groups in total. The zero-order valence-corrected chi connectivity index (χ0v) is 22.3. The van der Waals surface area contributed by atoms with Gasteiger partial charge in [-0.05, 0) is 63.2 Å². The average molecular weight is 521 g/mol. The predicted octanol–water partition coefficient (Wildman–Crippen LogP) is 10.3. The van der Waals surface area contributed by atoms with Crippen molar-refractivity contribution in [1.82, 2.24) is 9.55 Å². The van der Waals surface area contributed by atoms with E-state index in [4.69, 9.17) is 4.98 Å². The fourth-order valence-corrected chi connectivity index (χ4v) is 6.72. The molecule has 6 aromatic carbocycles. The minimum atomic E-state index is 0.981. The van der Waals surface area contributed by atoms with Crippen LogP contribution in [0.1, 0.15) is 0 Å². The maximum absolute atomic E-state index is 5.18. The van der Waals surface area contributed by atoms with Crippen molar-refractivity contribution in [2.75, 3.05) is 0 Å². The molecule has 1 aliphatic rings. The average Bonchev–Trinajstić information content (AvgIpc) is 3.56. The van der Waals surface area contributed by atoms with Crippen molar-refractivity contribution >= 4 is 32.6 Å². The van der Waals surface area contributed by atoms with Gasteiger partial charge in [-0.25, -0.2) is 4.98 Å². The predicted molar refractivity (Wildman–Crippen MR) is 171 cm³/mol. The van der Waals surface area contributed by atoms with Gasteiger partial charge in [0.25, 0.3) is 0 Å². The van der Waals surface area contributed by atoms with E-state index in [1.54, 1.807) is 0 Å². The first-order chi connectivity index (χ1) is 20.3. The summed E-state index contributed by atoms with van der Waals surface area (Å²) in [6, 6.07) is 50.3. The molecule has 0 radical (unpaired) electrons. The number of nitrogens with zero attached hydrogens (tertiary/aromatic N) is 2. The fraction of sp³-hybridized carbons (Fsp3) is 0. The van der Waals surface area contributed by atoms with Gasteiger partial charge in [0.05, 0.1) is 11.0 Å². The van der Waals surface area contributed by atoms with Crippen molar-refractivity contribution in [2.45, 2.75) is 0 Å². The fourth-order valence-electron chi connectivity index (χ4n) is 6.72. The molecule has 0 atom stereocenters. The summed E-state index contributed by atoms with van der Waals surface area (Å²) in [6.07, 6.45) is 2.04. The highest BCUT2D eigenvalue weighted by Crippen LogP contribution is 2.50. The molecule has 0 spiro atoms. The zero-order chi connectivity index (χ0) is 26.9. The van der Waals surface area contributed by atoms with Gasteiger partial charge in [0.2, 0.25) is 0 Å². The largest absolute Gasteiger partial charge is 0.293 e. The van der Waals surface area contributed by atoms with Crippen LogP contribution in [0.25, 0.3) is 82.9 Å². The molecule has 190 valence electrons. The quantitative estimate of drug-likeness (QED) is 0.227. The van der Waals surface area contributed by atoms with E-state index in [0.29, 0.717) is 0 Å².